The number of aliphatic imine (C=N–C) groups is 1. The number of hydrogen-bond acceptors (Lipinski definition) is 3. The van der Waals surface area contributed by atoms with Gasteiger partial charge in [-0.1, -0.05) is 11.6 Å². The fourth-order valence-electron chi connectivity index (χ4n) is 1.67. The van der Waals surface area contributed by atoms with Crippen LogP contribution in [0, 0.1) is 6.92 Å². The average Bonchev–Trinajstić information content (AvgIpc) is 2.78. The van der Waals surface area contributed by atoms with Crippen molar-refractivity contribution < 1.29 is 4.79 Å². The summed E-state index contributed by atoms with van der Waals surface area (Å²) in [5, 5.41) is 3.35. The van der Waals surface area contributed by atoms with Crippen molar-refractivity contribution in [3.63, 3.8) is 0 Å². The molecule has 1 heterocycles. The standard InChI is InChI=1S/C13H14ClN3O/c1-8-9(14)4-5-10(11(8)15)17-12(18)13(2)6-3-7-16-13/h3-7H,15H2,1-2H3,(H,17,18). The minimum Gasteiger partial charge on any atom is -0.397 e. The van der Waals surface area contributed by atoms with Crippen LogP contribution in [0.25, 0.3) is 0 Å². The number of benzene rings is 1. The molecule has 3 N–H and O–H groups in total. The Hall–Kier alpha value is -1.81. The van der Waals surface area contributed by atoms with Crippen LogP contribution in [0.4, 0.5) is 11.4 Å². The molecular formula is C13H14ClN3O. The number of amides is 1. The average molecular weight is 264 g/mol. The van der Waals surface area contributed by atoms with Crippen LogP contribution in [0.2, 0.25) is 5.02 Å². The lowest BCUT2D eigenvalue weighted by Gasteiger charge is -2.19. The van der Waals surface area contributed by atoms with Crippen LogP contribution in [0.5, 0.6) is 0 Å². The molecule has 1 aromatic rings. The van der Waals surface area contributed by atoms with E-state index in [0.29, 0.717) is 16.4 Å². The minimum absolute atomic E-state index is 0.221. The Kier molecular flexibility index (Phi) is 3.13. The number of nitrogens with two attached hydrogens (primary N) is 1. The molecule has 1 amide bonds. The van der Waals surface area contributed by atoms with Gasteiger partial charge in [0.2, 0.25) is 0 Å². The second kappa shape index (κ2) is 4.46. The number of carbonyl (C=O) groups excluding carboxylic acids is 1. The second-order valence-corrected chi connectivity index (χ2v) is 4.78. The van der Waals surface area contributed by atoms with Gasteiger partial charge in [0, 0.05) is 11.2 Å². The van der Waals surface area contributed by atoms with Gasteiger partial charge in [-0.25, -0.2) is 0 Å². The van der Waals surface area contributed by atoms with E-state index in [9.17, 15) is 4.79 Å². The number of hydrogen-bond donors (Lipinski definition) is 2. The third-order valence-corrected chi connectivity index (χ3v) is 3.42. The highest BCUT2D eigenvalue weighted by Crippen LogP contribution is 2.29. The Bertz CT molecular complexity index is 552. The molecule has 0 bridgehead atoms. The van der Waals surface area contributed by atoms with Crippen molar-refractivity contribution in [1.29, 1.82) is 0 Å². The van der Waals surface area contributed by atoms with E-state index >= 15 is 0 Å². The van der Waals surface area contributed by atoms with Crippen molar-refractivity contribution in [2.75, 3.05) is 11.1 Å². The van der Waals surface area contributed by atoms with Gasteiger partial charge in [-0.3, -0.25) is 9.79 Å². The van der Waals surface area contributed by atoms with Crippen LogP contribution in [-0.4, -0.2) is 17.7 Å². The van der Waals surface area contributed by atoms with Gasteiger partial charge in [0.05, 0.1) is 11.4 Å². The first-order chi connectivity index (χ1) is 8.44. The van der Waals surface area contributed by atoms with Gasteiger partial charge < -0.3 is 11.1 Å². The van der Waals surface area contributed by atoms with Crippen LogP contribution in [-0.2, 0) is 4.79 Å². The Labute approximate surface area is 111 Å². The molecule has 0 aliphatic carbocycles. The predicted molar refractivity (Wildman–Crippen MR) is 75.3 cm³/mol. The van der Waals surface area contributed by atoms with Gasteiger partial charge in [0.15, 0.2) is 5.54 Å². The number of carbonyl (C=O) groups is 1. The third-order valence-electron chi connectivity index (χ3n) is 3.01. The first-order valence-corrected chi connectivity index (χ1v) is 5.91. The molecule has 1 atom stereocenters. The van der Waals surface area contributed by atoms with Gasteiger partial charge in [0.25, 0.3) is 5.91 Å². The fourth-order valence-corrected chi connectivity index (χ4v) is 1.83. The molecule has 1 unspecified atom stereocenters. The van der Waals surface area contributed by atoms with Crippen molar-refractivity contribution in [2.24, 2.45) is 4.99 Å². The van der Waals surface area contributed by atoms with E-state index in [1.165, 1.54) is 0 Å². The molecule has 4 nitrogen and oxygen atoms in total. The number of allylic oxidation sites excluding steroid dienone is 1. The van der Waals surface area contributed by atoms with Gasteiger partial charge in [-0.15, -0.1) is 0 Å². The van der Waals surface area contributed by atoms with Gasteiger partial charge in [0.1, 0.15) is 0 Å². The Morgan fingerprint density at radius 3 is 2.83 bits per heavy atom. The summed E-state index contributed by atoms with van der Waals surface area (Å²) < 4.78 is 0. The molecule has 18 heavy (non-hydrogen) atoms. The van der Waals surface area contributed by atoms with Gasteiger partial charge >= 0.3 is 0 Å². The lowest BCUT2D eigenvalue weighted by molar-refractivity contribution is -0.119. The first-order valence-electron chi connectivity index (χ1n) is 5.53. The number of nitrogen functional groups attached to an aromatic ring is 1. The first kappa shape index (κ1) is 12.6. The Morgan fingerprint density at radius 2 is 2.22 bits per heavy atom. The normalized spacial score (nSPS) is 21.3. The second-order valence-electron chi connectivity index (χ2n) is 4.37. The molecule has 0 saturated heterocycles. The zero-order chi connectivity index (χ0) is 13.3. The molecular weight excluding hydrogens is 250 g/mol. The summed E-state index contributed by atoms with van der Waals surface area (Å²) in [6.07, 6.45) is 5.09. The lowest BCUT2D eigenvalue weighted by atomic mass is 10.0. The van der Waals surface area contributed by atoms with Crippen LogP contribution in [0.3, 0.4) is 0 Å². The van der Waals surface area contributed by atoms with E-state index in [1.807, 2.05) is 6.92 Å². The molecule has 0 fully saturated rings. The summed E-state index contributed by atoms with van der Waals surface area (Å²) in [6.45, 7) is 3.55. The maximum Gasteiger partial charge on any atom is 0.256 e. The molecule has 1 aliphatic rings. The van der Waals surface area contributed by atoms with Gasteiger partial charge in [-0.2, -0.15) is 0 Å². The lowest BCUT2D eigenvalue weighted by Crippen LogP contribution is -2.35. The van der Waals surface area contributed by atoms with E-state index in [4.69, 9.17) is 17.3 Å². The van der Waals surface area contributed by atoms with Crippen molar-refractivity contribution in [3.05, 3.63) is 34.9 Å². The van der Waals surface area contributed by atoms with Crippen molar-refractivity contribution in [2.45, 2.75) is 19.4 Å². The fraction of sp³-hybridized carbons (Fsp3) is 0.231. The molecule has 0 spiro atoms. The quantitative estimate of drug-likeness (QED) is 0.806. The molecule has 94 valence electrons. The molecule has 0 radical (unpaired) electrons. The summed E-state index contributed by atoms with van der Waals surface area (Å²) in [5.41, 5.74) is 6.84. The maximum absolute atomic E-state index is 12.1. The molecule has 1 aromatic carbocycles. The van der Waals surface area contributed by atoms with Crippen LogP contribution >= 0.6 is 11.6 Å². The topological polar surface area (TPSA) is 67.5 Å². The molecule has 0 aromatic heterocycles. The number of nitrogens with zero attached hydrogens (tertiary/aromatic N) is 1. The van der Waals surface area contributed by atoms with E-state index in [2.05, 4.69) is 10.3 Å². The largest absolute Gasteiger partial charge is 0.397 e. The van der Waals surface area contributed by atoms with Crippen LogP contribution in [0.15, 0.2) is 29.3 Å². The maximum atomic E-state index is 12.1. The van der Waals surface area contributed by atoms with Crippen molar-refractivity contribution in [3.8, 4) is 0 Å². The molecule has 2 rings (SSSR count). The third kappa shape index (κ3) is 2.11. The molecule has 5 heteroatoms. The predicted octanol–water partition coefficient (Wildman–Crippen LogP) is 2.57. The Morgan fingerprint density at radius 1 is 1.50 bits per heavy atom. The number of halogens is 1. The van der Waals surface area contributed by atoms with Crippen LogP contribution < -0.4 is 11.1 Å². The van der Waals surface area contributed by atoms with E-state index in [1.54, 1.807) is 37.4 Å². The zero-order valence-corrected chi connectivity index (χ0v) is 11.0. The van der Waals surface area contributed by atoms with E-state index in [-0.39, 0.29) is 5.91 Å². The number of anilines is 2. The summed E-state index contributed by atoms with van der Waals surface area (Å²) in [4.78, 5) is 16.2. The zero-order valence-electron chi connectivity index (χ0n) is 10.2. The summed E-state index contributed by atoms with van der Waals surface area (Å²) in [5.74, 6) is -0.221. The van der Waals surface area contributed by atoms with E-state index < -0.39 is 5.54 Å². The minimum atomic E-state index is -0.861. The van der Waals surface area contributed by atoms with Crippen molar-refractivity contribution >= 4 is 35.1 Å². The SMILES string of the molecule is Cc1c(Cl)ccc(NC(=O)C2(C)C=CC=N2)c1N. The summed E-state index contributed by atoms with van der Waals surface area (Å²) in [6, 6.07) is 3.40. The molecule has 1 aliphatic heterocycles. The monoisotopic (exact) mass is 263 g/mol. The number of rotatable bonds is 2. The smallest absolute Gasteiger partial charge is 0.256 e. The highest BCUT2D eigenvalue weighted by molar-refractivity contribution is 6.32. The summed E-state index contributed by atoms with van der Waals surface area (Å²) >= 11 is 5.95. The van der Waals surface area contributed by atoms with Gasteiger partial charge in [-0.05, 0) is 43.7 Å². The Balaban J connectivity index is 2.25. The highest BCUT2D eigenvalue weighted by Gasteiger charge is 2.31. The summed E-state index contributed by atoms with van der Waals surface area (Å²) in [7, 11) is 0. The van der Waals surface area contributed by atoms with Crippen molar-refractivity contribution in [1.82, 2.24) is 0 Å². The van der Waals surface area contributed by atoms with E-state index in [0.717, 1.165) is 5.56 Å². The number of nitrogens with one attached hydrogen (secondary N) is 1. The molecule has 0 saturated carbocycles. The highest BCUT2D eigenvalue weighted by atomic mass is 35.5. The van der Waals surface area contributed by atoms with Crippen LogP contribution in [0.1, 0.15) is 12.5 Å².